The van der Waals surface area contributed by atoms with Crippen LogP contribution in [-0.4, -0.2) is 35.2 Å². The lowest BCUT2D eigenvalue weighted by Crippen LogP contribution is -2.37. The quantitative estimate of drug-likeness (QED) is 0.0333. The number of thiol groups is 1. The molecule has 6 heteroatoms. The van der Waals surface area contributed by atoms with Crippen LogP contribution in [0.5, 0.6) is 0 Å². The van der Waals surface area contributed by atoms with E-state index in [-0.39, 0.29) is 6.61 Å². The highest BCUT2D eigenvalue weighted by Crippen LogP contribution is 2.20. The Morgan fingerprint density at radius 2 is 0.738 bits per heavy atom. The molecular formula is C36H70O5S. The molecular weight excluding hydrogens is 544 g/mol. The first kappa shape index (κ1) is 41.2. The number of carbonyl (C=O) groups is 2. The maximum Gasteiger partial charge on any atom is 0.349 e. The molecule has 0 aromatic heterocycles. The van der Waals surface area contributed by atoms with E-state index < -0.39 is 23.3 Å². The molecule has 0 amide bonds. The van der Waals surface area contributed by atoms with Crippen LogP contribution in [0.25, 0.3) is 0 Å². The highest BCUT2D eigenvalue weighted by Gasteiger charge is 2.36. The number of ether oxygens (including phenoxy) is 2. The third kappa shape index (κ3) is 29.3. The number of hydrogen-bond donors (Lipinski definition) is 2. The van der Waals surface area contributed by atoms with E-state index in [1.54, 1.807) is 0 Å². The summed E-state index contributed by atoms with van der Waals surface area (Å²) in [4.78, 5) is 22.1. The maximum absolute atomic E-state index is 12.2. The topological polar surface area (TPSA) is 72.8 Å². The zero-order valence-corrected chi connectivity index (χ0v) is 28.8. The van der Waals surface area contributed by atoms with Crippen LogP contribution in [0, 0.1) is 0 Å². The van der Waals surface area contributed by atoms with Gasteiger partial charge in [-0.15, -0.1) is 12.6 Å². The second-order valence-corrected chi connectivity index (χ2v) is 13.3. The molecule has 0 aliphatic carbocycles. The van der Waals surface area contributed by atoms with Gasteiger partial charge in [0.15, 0.2) is 0 Å². The van der Waals surface area contributed by atoms with Gasteiger partial charge >= 0.3 is 11.9 Å². The van der Waals surface area contributed by atoms with Gasteiger partial charge in [0.25, 0.3) is 0 Å². The standard InChI is InChI=1S/C36H70O5S/c1-3-5-7-9-11-13-15-17-19-21-23-25-27-29-31-40-34(37)33-36(39,42)35(38)41-32-30-28-26-24-22-20-18-16-14-12-10-8-6-4-2/h39,42H,3-33H2,1-2H3. The van der Waals surface area contributed by atoms with Crippen molar-refractivity contribution >= 4 is 24.6 Å². The molecule has 0 aliphatic heterocycles. The van der Waals surface area contributed by atoms with Crippen LogP contribution in [0.4, 0.5) is 0 Å². The van der Waals surface area contributed by atoms with E-state index in [4.69, 9.17) is 9.47 Å². The average molecular weight is 615 g/mol. The number of hydrogen-bond acceptors (Lipinski definition) is 6. The molecule has 1 unspecified atom stereocenters. The Kier molecular flexibility index (Phi) is 31.1. The Balaban J connectivity index is 3.53. The molecule has 0 spiro atoms. The molecule has 0 aliphatic rings. The number of unbranched alkanes of at least 4 members (excludes halogenated alkanes) is 26. The van der Waals surface area contributed by atoms with E-state index in [2.05, 4.69) is 26.5 Å². The van der Waals surface area contributed by atoms with Crippen LogP contribution in [0.15, 0.2) is 0 Å². The molecule has 0 rings (SSSR count). The lowest BCUT2D eigenvalue weighted by molar-refractivity contribution is -0.163. The lowest BCUT2D eigenvalue weighted by Gasteiger charge is -2.19. The van der Waals surface area contributed by atoms with Crippen molar-refractivity contribution in [1.82, 2.24) is 0 Å². The van der Waals surface area contributed by atoms with Gasteiger partial charge < -0.3 is 14.6 Å². The van der Waals surface area contributed by atoms with Crippen molar-refractivity contribution in [3.05, 3.63) is 0 Å². The summed E-state index contributed by atoms with van der Waals surface area (Å²) in [6.07, 6.45) is 34.9. The predicted molar refractivity (Wildman–Crippen MR) is 181 cm³/mol. The average Bonchev–Trinajstić information content (AvgIpc) is 2.96. The van der Waals surface area contributed by atoms with Gasteiger partial charge in [0.05, 0.1) is 19.6 Å². The Morgan fingerprint density at radius 3 is 1.05 bits per heavy atom. The lowest BCUT2D eigenvalue weighted by atomic mass is 10.0. The second-order valence-electron chi connectivity index (χ2n) is 12.5. The Morgan fingerprint density at radius 1 is 0.476 bits per heavy atom. The smallest absolute Gasteiger partial charge is 0.349 e. The van der Waals surface area contributed by atoms with Crippen LogP contribution < -0.4 is 0 Å². The summed E-state index contributed by atoms with van der Waals surface area (Å²) in [5, 5.41) is 10.3. The highest BCUT2D eigenvalue weighted by molar-refractivity contribution is 7.82. The fourth-order valence-electron chi connectivity index (χ4n) is 5.38. The third-order valence-corrected chi connectivity index (χ3v) is 8.55. The molecule has 0 radical (unpaired) electrons. The molecule has 0 heterocycles. The van der Waals surface area contributed by atoms with E-state index in [1.165, 1.54) is 141 Å². The normalized spacial score (nSPS) is 12.8. The molecule has 0 saturated heterocycles. The number of aliphatic hydroxyl groups is 1. The third-order valence-electron chi connectivity index (χ3n) is 8.21. The van der Waals surface area contributed by atoms with Gasteiger partial charge in [0, 0.05) is 0 Å². The molecule has 1 atom stereocenters. The second kappa shape index (κ2) is 31.7. The van der Waals surface area contributed by atoms with Crippen molar-refractivity contribution < 1.29 is 24.2 Å². The van der Waals surface area contributed by atoms with Gasteiger partial charge in [-0.25, -0.2) is 4.79 Å². The predicted octanol–water partition coefficient (Wildman–Crippen LogP) is 11.0. The summed E-state index contributed by atoms with van der Waals surface area (Å²) in [7, 11) is 0. The van der Waals surface area contributed by atoms with E-state index in [9.17, 15) is 14.7 Å². The van der Waals surface area contributed by atoms with Gasteiger partial charge in [0.2, 0.25) is 4.93 Å². The SMILES string of the molecule is CCCCCCCCCCCCCCCCOC(=O)CC(O)(S)C(=O)OCCCCCCCCCCCCCCCC. The summed E-state index contributed by atoms with van der Waals surface area (Å²) in [6.45, 7) is 5.08. The minimum atomic E-state index is -2.14. The van der Waals surface area contributed by atoms with E-state index in [1.807, 2.05) is 0 Å². The van der Waals surface area contributed by atoms with Gasteiger partial charge in [-0.3, -0.25) is 4.79 Å². The fraction of sp³-hybridized carbons (Fsp3) is 0.944. The van der Waals surface area contributed by atoms with Crippen LogP contribution in [0.1, 0.15) is 200 Å². The van der Waals surface area contributed by atoms with E-state index >= 15 is 0 Å². The van der Waals surface area contributed by atoms with Crippen molar-refractivity contribution in [2.24, 2.45) is 0 Å². The maximum atomic E-state index is 12.2. The minimum Gasteiger partial charge on any atom is -0.466 e. The molecule has 0 aromatic carbocycles. The molecule has 0 bridgehead atoms. The van der Waals surface area contributed by atoms with Gasteiger partial charge in [-0.1, -0.05) is 181 Å². The number of esters is 2. The number of rotatable bonds is 33. The molecule has 42 heavy (non-hydrogen) atoms. The molecule has 250 valence electrons. The fourth-order valence-corrected chi connectivity index (χ4v) is 5.58. The number of carbonyl (C=O) groups excluding carboxylic acids is 2. The molecule has 1 N–H and O–H groups in total. The van der Waals surface area contributed by atoms with Crippen molar-refractivity contribution in [3.63, 3.8) is 0 Å². The Bertz CT molecular complexity index is 595. The summed E-state index contributed by atoms with van der Waals surface area (Å²) >= 11 is 3.98. The van der Waals surface area contributed by atoms with E-state index in [0.717, 1.165) is 38.5 Å². The van der Waals surface area contributed by atoms with Crippen molar-refractivity contribution in [3.8, 4) is 0 Å². The van der Waals surface area contributed by atoms with Gasteiger partial charge in [-0.2, -0.15) is 0 Å². The minimum absolute atomic E-state index is 0.244. The summed E-state index contributed by atoms with van der Waals surface area (Å²) in [5.41, 5.74) is 0. The van der Waals surface area contributed by atoms with Crippen LogP contribution >= 0.6 is 12.6 Å². The van der Waals surface area contributed by atoms with Gasteiger partial charge in [-0.05, 0) is 12.8 Å². The van der Waals surface area contributed by atoms with Gasteiger partial charge in [0.1, 0.15) is 0 Å². The van der Waals surface area contributed by atoms with Crippen LogP contribution in [0.3, 0.4) is 0 Å². The van der Waals surface area contributed by atoms with Crippen LogP contribution in [0.2, 0.25) is 0 Å². The summed E-state index contributed by atoms with van der Waals surface area (Å²) in [5.74, 6) is -1.48. The summed E-state index contributed by atoms with van der Waals surface area (Å²) in [6, 6.07) is 0. The Labute approximate surface area is 266 Å². The Hall–Kier alpha value is -0.750. The van der Waals surface area contributed by atoms with E-state index in [0.29, 0.717) is 6.61 Å². The monoisotopic (exact) mass is 614 g/mol. The molecule has 0 aromatic rings. The van der Waals surface area contributed by atoms with Crippen molar-refractivity contribution in [1.29, 1.82) is 0 Å². The first-order valence-electron chi connectivity index (χ1n) is 18.2. The largest absolute Gasteiger partial charge is 0.466 e. The molecule has 0 fully saturated rings. The first-order chi connectivity index (χ1) is 20.4. The molecule has 5 nitrogen and oxygen atoms in total. The molecule has 0 saturated carbocycles. The first-order valence-corrected chi connectivity index (χ1v) is 18.7. The van der Waals surface area contributed by atoms with Crippen molar-refractivity contribution in [2.45, 2.75) is 205 Å². The van der Waals surface area contributed by atoms with Crippen LogP contribution in [-0.2, 0) is 19.1 Å². The highest BCUT2D eigenvalue weighted by atomic mass is 32.1. The zero-order valence-electron chi connectivity index (χ0n) is 27.9. The summed E-state index contributed by atoms with van der Waals surface area (Å²) < 4.78 is 10.4. The van der Waals surface area contributed by atoms with Crippen molar-refractivity contribution in [2.75, 3.05) is 13.2 Å². The zero-order chi connectivity index (χ0) is 31.0.